The maximum atomic E-state index is 6.00. The molecule has 3 atom stereocenters. The Hall–Kier alpha value is -2.56. The summed E-state index contributed by atoms with van der Waals surface area (Å²) in [5, 5.41) is 2.38. The Balaban J connectivity index is 1.38. The Morgan fingerprint density at radius 1 is 0.821 bits per heavy atom. The minimum absolute atomic E-state index is 0.254. The molecule has 2 heterocycles. The molecular weight excluding hydrogens is 352 g/mol. The van der Waals surface area contributed by atoms with Crippen LogP contribution in [0.2, 0.25) is 0 Å². The summed E-state index contributed by atoms with van der Waals surface area (Å²) in [5.74, 6) is 2.09. The van der Waals surface area contributed by atoms with Crippen molar-refractivity contribution in [2.75, 3.05) is 26.4 Å². The largest absolute Gasteiger partial charge is 0.491 e. The standard InChI is InChI=1S/C24H24O4/c1-16(17-6-8-18(9-7-17)25-12-19-13-26-19)21-10-11-24(28-15-20-14-27-20)23-5-3-2-4-22(21)23/h2-11,16,19-20H,12-15H2,1H3. The van der Waals surface area contributed by atoms with Crippen molar-refractivity contribution in [3.8, 4) is 11.5 Å². The number of epoxide rings is 2. The zero-order valence-corrected chi connectivity index (χ0v) is 16.0. The van der Waals surface area contributed by atoms with Crippen LogP contribution >= 0.6 is 0 Å². The highest BCUT2D eigenvalue weighted by Gasteiger charge is 2.24. The molecule has 0 amide bonds. The Bertz CT molecular complexity index is 958. The van der Waals surface area contributed by atoms with E-state index in [4.69, 9.17) is 18.9 Å². The molecule has 144 valence electrons. The monoisotopic (exact) mass is 376 g/mol. The fraction of sp³-hybridized carbons (Fsp3) is 0.333. The molecule has 0 radical (unpaired) electrons. The molecule has 0 spiro atoms. The van der Waals surface area contributed by atoms with Gasteiger partial charge in [-0.1, -0.05) is 49.4 Å². The topological polar surface area (TPSA) is 43.5 Å². The molecule has 28 heavy (non-hydrogen) atoms. The first kappa shape index (κ1) is 17.5. The normalized spacial score (nSPS) is 21.3. The van der Waals surface area contributed by atoms with E-state index in [2.05, 4.69) is 55.5 Å². The molecule has 2 fully saturated rings. The van der Waals surface area contributed by atoms with Gasteiger partial charge in [-0.05, 0) is 34.7 Å². The molecule has 0 N–H and O–H groups in total. The number of hydrogen-bond acceptors (Lipinski definition) is 4. The highest BCUT2D eigenvalue weighted by atomic mass is 16.6. The van der Waals surface area contributed by atoms with Crippen LogP contribution in [-0.2, 0) is 9.47 Å². The van der Waals surface area contributed by atoms with Gasteiger partial charge >= 0.3 is 0 Å². The molecule has 2 saturated heterocycles. The predicted molar refractivity (Wildman–Crippen MR) is 108 cm³/mol. The van der Waals surface area contributed by atoms with E-state index in [0.29, 0.717) is 13.2 Å². The van der Waals surface area contributed by atoms with Crippen LogP contribution in [0.1, 0.15) is 24.0 Å². The maximum absolute atomic E-state index is 6.00. The van der Waals surface area contributed by atoms with Crippen molar-refractivity contribution in [1.29, 1.82) is 0 Å². The first-order valence-corrected chi connectivity index (χ1v) is 9.88. The van der Waals surface area contributed by atoms with E-state index in [9.17, 15) is 0 Å². The van der Waals surface area contributed by atoms with Crippen molar-refractivity contribution in [2.45, 2.75) is 25.0 Å². The summed E-state index contributed by atoms with van der Waals surface area (Å²) in [6.45, 7) is 5.11. The Labute approximate surface area is 165 Å². The van der Waals surface area contributed by atoms with Crippen molar-refractivity contribution in [3.05, 3.63) is 71.8 Å². The van der Waals surface area contributed by atoms with Gasteiger partial charge in [0.1, 0.15) is 36.9 Å². The summed E-state index contributed by atoms with van der Waals surface area (Å²) in [7, 11) is 0. The van der Waals surface area contributed by atoms with Crippen molar-refractivity contribution >= 4 is 10.8 Å². The molecule has 3 unspecified atom stereocenters. The smallest absolute Gasteiger partial charge is 0.127 e. The minimum Gasteiger partial charge on any atom is -0.491 e. The SMILES string of the molecule is CC(c1ccc(OCC2CO2)cc1)c1ccc(OCC2CO2)c2ccccc12. The summed E-state index contributed by atoms with van der Waals surface area (Å²) < 4.78 is 22.2. The second kappa shape index (κ2) is 7.46. The summed E-state index contributed by atoms with van der Waals surface area (Å²) in [5.41, 5.74) is 2.56. The summed E-state index contributed by atoms with van der Waals surface area (Å²) >= 11 is 0. The van der Waals surface area contributed by atoms with E-state index < -0.39 is 0 Å². The van der Waals surface area contributed by atoms with Crippen LogP contribution in [0.4, 0.5) is 0 Å². The van der Waals surface area contributed by atoms with Crippen LogP contribution in [0.3, 0.4) is 0 Å². The highest BCUT2D eigenvalue weighted by molar-refractivity contribution is 5.91. The van der Waals surface area contributed by atoms with Crippen LogP contribution in [0, 0.1) is 0 Å². The number of benzene rings is 3. The molecule has 3 aromatic rings. The average Bonchev–Trinajstić information content (AvgIpc) is 3.65. The first-order valence-electron chi connectivity index (χ1n) is 9.88. The van der Waals surface area contributed by atoms with Gasteiger partial charge in [-0.2, -0.15) is 0 Å². The predicted octanol–water partition coefficient (Wildman–Crippen LogP) is 4.55. The fourth-order valence-corrected chi connectivity index (χ4v) is 3.53. The van der Waals surface area contributed by atoms with Gasteiger partial charge in [-0.3, -0.25) is 0 Å². The number of fused-ring (bicyclic) bond motifs is 1. The van der Waals surface area contributed by atoms with Crippen LogP contribution in [-0.4, -0.2) is 38.6 Å². The summed E-state index contributed by atoms with van der Waals surface area (Å²) in [4.78, 5) is 0. The van der Waals surface area contributed by atoms with E-state index in [0.717, 1.165) is 30.1 Å². The Morgan fingerprint density at radius 2 is 1.46 bits per heavy atom. The first-order chi connectivity index (χ1) is 13.8. The van der Waals surface area contributed by atoms with E-state index >= 15 is 0 Å². The minimum atomic E-state index is 0.254. The zero-order valence-electron chi connectivity index (χ0n) is 16.0. The van der Waals surface area contributed by atoms with Crippen molar-refractivity contribution in [1.82, 2.24) is 0 Å². The summed E-state index contributed by atoms with van der Waals surface area (Å²) in [6, 6.07) is 21.1. The second-order valence-corrected chi connectivity index (χ2v) is 7.52. The molecule has 2 aliphatic heterocycles. The summed E-state index contributed by atoms with van der Waals surface area (Å²) in [6.07, 6.45) is 0.529. The van der Waals surface area contributed by atoms with Crippen LogP contribution in [0.15, 0.2) is 60.7 Å². The lowest BCUT2D eigenvalue weighted by Crippen LogP contribution is -2.05. The Kier molecular flexibility index (Phi) is 4.67. The van der Waals surface area contributed by atoms with Gasteiger partial charge < -0.3 is 18.9 Å². The van der Waals surface area contributed by atoms with E-state index in [-0.39, 0.29) is 18.1 Å². The fourth-order valence-electron chi connectivity index (χ4n) is 3.53. The average molecular weight is 376 g/mol. The number of rotatable bonds is 8. The highest BCUT2D eigenvalue weighted by Crippen LogP contribution is 2.36. The third-order valence-electron chi connectivity index (χ3n) is 5.43. The van der Waals surface area contributed by atoms with Crippen molar-refractivity contribution < 1.29 is 18.9 Å². The zero-order chi connectivity index (χ0) is 18.9. The molecule has 5 rings (SSSR count). The van der Waals surface area contributed by atoms with Crippen LogP contribution in [0.25, 0.3) is 10.8 Å². The molecule has 0 aromatic heterocycles. The maximum Gasteiger partial charge on any atom is 0.127 e. The second-order valence-electron chi connectivity index (χ2n) is 7.52. The van der Waals surface area contributed by atoms with Gasteiger partial charge in [0.15, 0.2) is 0 Å². The van der Waals surface area contributed by atoms with Gasteiger partial charge in [0.25, 0.3) is 0 Å². The molecule has 0 saturated carbocycles. The number of hydrogen-bond donors (Lipinski definition) is 0. The van der Waals surface area contributed by atoms with Crippen molar-refractivity contribution in [3.63, 3.8) is 0 Å². The van der Waals surface area contributed by atoms with Crippen molar-refractivity contribution in [2.24, 2.45) is 0 Å². The Morgan fingerprint density at radius 3 is 2.14 bits per heavy atom. The molecule has 2 aliphatic rings. The molecule has 0 bridgehead atoms. The van der Waals surface area contributed by atoms with Crippen LogP contribution in [0.5, 0.6) is 11.5 Å². The van der Waals surface area contributed by atoms with Gasteiger partial charge in [-0.25, -0.2) is 0 Å². The lowest BCUT2D eigenvalue weighted by Gasteiger charge is -2.18. The molecule has 3 aromatic carbocycles. The lowest BCUT2D eigenvalue weighted by molar-refractivity contribution is 0.263. The van der Waals surface area contributed by atoms with E-state index in [1.807, 2.05) is 12.1 Å². The van der Waals surface area contributed by atoms with E-state index in [1.54, 1.807) is 0 Å². The van der Waals surface area contributed by atoms with Gasteiger partial charge in [-0.15, -0.1) is 0 Å². The molecule has 4 nitrogen and oxygen atoms in total. The third-order valence-corrected chi connectivity index (χ3v) is 5.43. The van der Waals surface area contributed by atoms with Gasteiger partial charge in [0, 0.05) is 11.3 Å². The van der Waals surface area contributed by atoms with Gasteiger partial charge in [0.05, 0.1) is 13.2 Å². The molecule has 0 aliphatic carbocycles. The lowest BCUT2D eigenvalue weighted by atomic mass is 9.89. The van der Waals surface area contributed by atoms with Crippen LogP contribution < -0.4 is 9.47 Å². The van der Waals surface area contributed by atoms with E-state index in [1.165, 1.54) is 16.5 Å². The number of ether oxygens (including phenoxy) is 4. The molecule has 4 heteroatoms. The molecular formula is C24H24O4. The van der Waals surface area contributed by atoms with Gasteiger partial charge in [0.2, 0.25) is 0 Å². The quantitative estimate of drug-likeness (QED) is 0.541. The third kappa shape index (κ3) is 3.84.